The van der Waals surface area contributed by atoms with Crippen LogP contribution in [0.1, 0.15) is 37.8 Å². The molecule has 190 valence electrons. The number of ether oxygens (including phenoxy) is 2. The number of hydrogen-bond donors (Lipinski definition) is 1. The molecule has 0 saturated heterocycles. The third kappa shape index (κ3) is 8.45. The SMILES string of the molecule is COc1ccc(OCCCC(=O)N(Cc2ccccc2)C(Cc2ccccc2)C(=O)NC(C)C)cc1. The molecule has 0 heterocycles. The van der Waals surface area contributed by atoms with E-state index in [9.17, 15) is 9.59 Å². The lowest BCUT2D eigenvalue weighted by Crippen LogP contribution is -2.51. The van der Waals surface area contributed by atoms with E-state index in [0.29, 0.717) is 26.0 Å². The lowest BCUT2D eigenvalue weighted by atomic mass is 10.0. The van der Waals surface area contributed by atoms with E-state index in [-0.39, 0.29) is 24.3 Å². The van der Waals surface area contributed by atoms with Crippen molar-refractivity contribution in [1.29, 1.82) is 0 Å². The molecule has 0 fully saturated rings. The average molecular weight is 489 g/mol. The highest BCUT2D eigenvalue weighted by Crippen LogP contribution is 2.19. The van der Waals surface area contributed by atoms with Crippen LogP contribution in [-0.4, -0.2) is 42.5 Å². The summed E-state index contributed by atoms with van der Waals surface area (Å²) in [5.41, 5.74) is 1.99. The minimum absolute atomic E-state index is 0.0256. The van der Waals surface area contributed by atoms with Crippen LogP contribution in [0.3, 0.4) is 0 Å². The summed E-state index contributed by atoms with van der Waals surface area (Å²) >= 11 is 0. The Labute approximate surface area is 214 Å². The largest absolute Gasteiger partial charge is 0.497 e. The number of amides is 2. The first kappa shape index (κ1) is 26.8. The molecule has 6 heteroatoms. The molecule has 1 N–H and O–H groups in total. The second kappa shape index (κ2) is 13.9. The van der Waals surface area contributed by atoms with Crippen molar-refractivity contribution in [2.75, 3.05) is 13.7 Å². The Bertz CT molecular complexity index is 1070. The first-order chi connectivity index (χ1) is 17.5. The van der Waals surface area contributed by atoms with Crippen LogP contribution < -0.4 is 14.8 Å². The van der Waals surface area contributed by atoms with Gasteiger partial charge in [0, 0.05) is 25.4 Å². The quantitative estimate of drug-likeness (QED) is 0.343. The van der Waals surface area contributed by atoms with E-state index in [1.54, 1.807) is 12.0 Å². The molecule has 0 aromatic heterocycles. The van der Waals surface area contributed by atoms with Crippen LogP contribution in [0.25, 0.3) is 0 Å². The Morgan fingerprint density at radius 1 is 0.833 bits per heavy atom. The molecule has 3 rings (SSSR count). The molecule has 0 aliphatic heterocycles. The molecular formula is C30H36N2O4. The van der Waals surface area contributed by atoms with Crippen LogP contribution >= 0.6 is 0 Å². The van der Waals surface area contributed by atoms with E-state index in [1.807, 2.05) is 98.8 Å². The van der Waals surface area contributed by atoms with Gasteiger partial charge in [0.25, 0.3) is 0 Å². The van der Waals surface area contributed by atoms with E-state index in [4.69, 9.17) is 9.47 Å². The highest BCUT2D eigenvalue weighted by atomic mass is 16.5. The molecule has 0 aliphatic carbocycles. The highest BCUT2D eigenvalue weighted by Gasteiger charge is 2.30. The fraction of sp³-hybridized carbons (Fsp3) is 0.333. The summed E-state index contributed by atoms with van der Waals surface area (Å²) in [6.07, 6.45) is 1.27. The van der Waals surface area contributed by atoms with Gasteiger partial charge in [0.1, 0.15) is 17.5 Å². The summed E-state index contributed by atoms with van der Waals surface area (Å²) in [5.74, 6) is 1.27. The number of carbonyl (C=O) groups excluding carboxylic acids is 2. The lowest BCUT2D eigenvalue weighted by Gasteiger charge is -2.32. The minimum Gasteiger partial charge on any atom is -0.497 e. The van der Waals surface area contributed by atoms with Crippen molar-refractivity contribution in [2.45, 2.75) is 51.7 Å². The summed E-state index contributed by atoms with van der Waals surface area (Å²) in [6.45, 7) is 4.62. The number of benzene rings is 3. The third-order valence-electron chi connectivity index (χ3n) is 5.76. The fourth-order valence-corrected chi connectivity index (χ4v) is 3.94. The second-order valence-electron chi connectivity index (χ2n) is 9.00. The van der Waals surface area contributed by atoms with Crippen LogP contribution in [0, 0.1) is 0 Å². The van der Waals surface area contributed by atoms with Crippen LogP contribution in [0.2, 0.25) is 0 Å². The fourth-order valence-electron chi connectivity index (χ4n) is 3.94. The first-order valence-electron chi connectivity index (χ1n) is 12.4. The summed E-state index contributed by atoms with van der Waals surface area (Å²) in [4.78, 5) is 28.6. The Hall–Kier alpha value is -3.80. The van der Waals surface area contributed by atoms with E-state index < -0.39 is 6.04 Å². The maximum atomic E-state index is 13.5. The molecule has 0 spiro atoms. The topological polar surface area (TPSA) is 67.9 Å². The van der Waals surface area contributed by atoms with Crippen molar-refractivity contribution in [3.05, 3.63) is 96.1 Å². The number of carbonyl (C=O) groups is 2. The van der Waals surface area contributed by atoms with Gasteiger partial charge in [-0.3, -0.25) is 9.59 Å². The molecular weight excluding hydrogens is 452 g/mol. The number of nitrogens with one attached hydrogen (secondary N) is 1. The van der Waals surface area contributed by atoms with E-state index in [2.05, 4.69) is 5.32 Å². The molecule has 2 amide bonds. The average Bonchev–Trinajstić information content (AvgIpc) is 2.89. The molecule has 0 radical (unpaired) electrons. The number of hydrogen-bond acceptors (Lipinski definition) is 4. The van der Waals surface area contributed by atoms with Crippen LogP contribution in [-0.2, 0) is 22.6 Å². The van der Waals surface area contributed by atoms with E-state index in [0.717, 1.165) is 22.6 Å². The van der Waals surface area contributed by atoms with Crippen molar-refractivity contribution in [2.24, 2.45) is 0 Å². The van der Waals surface area contributed by atoms with Gasteiger partial charge in [0.05, 0.1) is 13.7 Å². The van der Waals surface area contributed by atoms with Gasteiger partial charge in [-0.2, -0.15) is 0 Å². The Morgan fingerprint density at radius 2 is 1.42 bits per heavy atom. The van der Waals surface area contributed by atoms with Gasteiger partial charge in [0.2, 0.25) is 11.8 Å². The number of rotatable bonds is 13. The second-order valence-corrected chi connectivity index (χ2v) is 9.00. The molecule has 1 atom stereocenters. The van der Waals surface area contributed by atoms with Crippen LogP contribution in [0.5, 0.6) is 11.5 Å². The summed E-state index contributed by atoms with van der Waals surface area (Å²) in [6, 6.07) is 26.3. The van der Waals surface area contributed by atoms with Crippen molar-refractivity contribution < 1.29 is 19.1 Å². The molecule has 0 saturated carbocycles. The van der Waals surface area contributed by atoms with Crippen molar-refractivity contribution in [3.8, 4) is 11.5 Å². The normalized spacial score (nSPS) is 11.6. The Balaban J connectivity index is 1.73. The highest BCUT2D eigenvalue weighted by molar-refractivity contribution is 5.88. The maximum Gasteiger partial charge on any atom is 0.243 e. The summed E-state index contributed by atoms with van der Waals surface area (Å²) in [5, 5.41) is 3.01. The van der Waals surface area contributed by atoms with Gasteiger partial charge >= 0.3 is 0 Å². The third-order valence-corrected chi connectivity index (χ3v) is 5.76. The summed E-state index contributed by atoms with van der Waals surface area (Å²) < 4.78 is 11.0. The van der Waals surface area contributed by atoms with Gasteiger partial charge < -0.3 is 19.7 Å². The van der Waals surface area contributed by atoms with E-state index in [1.165, 1.54) is 0 Å². The zero-order chi connectivity index (χ0) is 25.8. The van der Waals surface area contributed by atoms with Gasteiger partial charge in [0.15, 0.2) is 0 Å². The van der Waals surface area contributed by atoms with Crippen molar-refractivity contribution >= 4 is 11.8 Å². The standard InChI is InChI=1S/C30H36N2O4/c1-23(2)31-30(34)28(21-24-11-6-4-7-12-24)32(22-25-13-8-5-9-14-25)29(33)15-10-20-36-27-18-16-26(35-3)17-19-27/h4-9,11-14,16-19,23,28H,10,15,20-22H2,1-3H3,(H,31,34). The molecule has 3 aromatic carbocycles. The molecule has 36 heavy (non-hydrogen) atoms. The Morgan fingerprint density at radius 3 is 2.00 bits per heavy atom. The van der Waals surface area contributed by atoms with Gasteiger partial charge in [-0.05, 0) is 55.7 Å². The van der Waals surface area contributed by atoms with Gasteiger partial charge in [-0.1, -0.05) is 60.7 Å². The number of nitrogens with zero attached hydrogens (tertiary/aromatic N) is 1. The smallest absolute Gasteiger partial charge is 0.243 e. The minimum atomic E-state index is -0.620. The van der Waals surface area contributed by atoms with Gasteiger partial charge in [-0.25, -0.2) is 0 Å². The predicted octanol–water partition coefficient (Wildman–Crippen LogP) is 5.02. The number of methoxy groups -OCH3 is 1. The molecule has 0 bridgehead atoms. The van der Waals surface area contributed by atoms with Crippen molar-refractivity contribution in [3.63, 3.8) is 0 Å². The van der Waals surface area contributed by atoms with Crippen LogP contribution in [0.15, 0.2) is 84.9 Å². The zero-order valence-corrected chi connectivity index (χ0v) is 21.4. The Kier molecular flexibility index (Phi) is 10.4. The monoisotopic (exact) mass is 488 g/mol. The zero-order valence-electron chi connectivity index (χ0n) is 21.4. The molecule has 0 aliphatic rings. The van der Waals surface area contributed by atoms with Gasteiger partial charge in [-0.15, -0.1) is 0 Å². The summed E-state index contributed by atoms with van der Waals surface area (Å²) in [7, 11) is 1.62. The lowest BCUT2D eigenvalue weighted by molar-refractivity contribution is -0.141. The van der Waals surface area contributed by atoms with Crippen LogP contribution in [0.4, 0.5) is 0 Å². The first-order valence-corrected chi connectivity index (χ1v) is 12.4. The van der Waals surface area contributed by atoms with E-state index >= 15 is 0 Å². The predicted molar refractivity (Wildman–Crippen MR) is 142 cm³/mol. The van der Waals surface area contributed by atoms with Crippen molar-refractivity contribution in [1.82, 2.24) is 10.2 Å². The molecule has 1 unspecified atom stereocenters. The molecule has 6 nitrogen and oxygen atoms in total. The molecule has 3 aromatic rings. The maximum absolute atomic E-state index is 13.5.